The van der Waals surface area contributed by atoms with Gasteiger partial charge in [-0.25, -0.2) is 0 Å². The summed E-state index contributed by atoms with van der Waals surface area (Å²) in [4.78, 5) is 4.18. The smallest absolute Gasteiger partial charge is 0.0740 e. The fraction of sp³-hybridized carbons (Fsp3) is 0.300. The Hall–Kier alpha value is -1.33. The predicted molar refractivity (Wildman–Crippen MR) is 49.6 cm³/mol. The zero-order valence-electron chi connectivity index (χ0n) is 7.12. The molecular formula is C10H12N2. The van der Waals surface area contributed by atoms with Gasteiger partial charge in [0.1, 0.15) is 0 Å². The molecule has 62 valence electrons. The van der Waals surface area contributed by atoms with E-state index in [9.17, 15) is 0 Å². The minimum atomic E-state index is 0.0832. The third-order valence-corrected chi connectivity index (χ3v) is 1.69. The second-order valence-corrected chi connectivity index (χ2v) is 2.53. The third-order valence-electron chi connectivity index (χ3n) is 1.69. The normalized spacial score (nSPS) is 12.0. The van der Waals surface area contributed by atoms with E-state index < -0.39 is 0 Å². The molecule has 1 atom stereocenters. The van der Waals surface area contributed by atoms with Crippen LogP contribution in [0.25, 0.3) is 0 Å². The van der Waals surface area contributed by atoms with Crippen molar-refractivity contribution in [1.82, 2.24) is 10.3 Å². The minimum absolute atomic E-state index is 0.0832. The highest BCUT2D eigenvalue weighted by atomic mass is 14.9. The van der Waals surface area contributed by atoms with Crippen molar-refractivity contribution in [2.45, 2.75) is 12.5 Å². The Morgan fingerprint density at radius 2 is 2.50 bits per heavy atom. The van der Waals surface area contributed by atoms with Gasteiger partial charge in [0.05, 0.1) is 6.04 Å². The number of rotatable bonds is 3. The van der Waals surface area contributed by atoms with Crippen molar-refractivity contribution in [3.8, 4) is 12.3 Å². The molecule has 0 saturated heterocycles. The van der Waals surface area contributed by atoms with Crippen LogP contribution < -0.4 is 5.32 Å². The monoisotopic (exact) mass is 160 g/mol. The summed E-state index contributed by atoms with van der Waals surface area (Å²) >= 11 is 0. The zero-order chi connectivity index (χ0) is 8.81. The molecule has 0 radical (unpaired) electrons. The van der Waals surface area contributed by atoms with Gasteiger partial charge in [-0.2, -0.15) is 0 Å². The topological polar surface area (TPSA) is 24.9 Å². The molecule has 12 heavy (non-hydrogen) atoms. The Kier molecular flexibility index (Phi) is 3.31. The van der Waals surface area contributed by atoms with E-state index >= 15 is 0 Å². The summed E-state index contributed by atoms with van der Waals surface area (Å²) in [6.07, 6.45) is 7.85. The number of hydrogen-bond donors (Lipinski definition) is 1. The van der Waals surface area contributed by atoms with Crippen molar-refractivity contribution in [3.05, 3.63) is 30.1 Å². The van der Waals surface area contributed by atoms with Crippen molar-refractivity contribution in [2.75, 3.05) is 7.05 Å². The van der Waals surface area contributed by atoms with Gasteiger partial charge < -0.3 is 5.32 Å². The summed E-state index contributed by atoms with van der Waals surface area (Å²) < 4.78 is 0. The first kappa shape index (κ1) is 8.76. The van der Waals surface area contributed by atoms with Gasteiger partial charge in [0.25, 0.3) is 0 Å². The number of pyridine rings is 1. The van der Waals surface area contributed by atoms with Crippen LogP contribution in [0, 0.1) is 12.3 Å². The van der Waals surface area contributed by atoms with Gasteiger partial charge in [-0.3, -0.25) is 4.98 Å². The molecule has 0 aliphatic rings. The number of aromatic nitrogens is 1. The van der Waals surface area contributed by atoms with Gasteiger partial charge in [0, 0.05) is 18.3 Å². The number of nitrogens with zero attached hydrogens (tertiary/aromatic N) is 1. The molecule has 1 aromatic rings. The quantitative estimate of drug-likeness (QED) is 0.663. The Morgan fingerprint density at radius 1 is 1.67 bits per heavy atom. The Balaban J connectivity index is 2.58. The zero-order valence-corrected chi connectivity index (χ0v) is 7.12. The summed E-state index contributed by atoms with van der Waals surface area (Å²) in [5.41, 5.74) is 1.02. The second-order valence-electron chi connectivity index (χ2n) is 2.53. The minimum Gasteiger partial charge on any atom is -0.306 e. The van der Waals surface area contributed by atoms with Crippen LogP contribution in [0.5, 0.6) is 0 Å². The van der Waals surface area contributed by atoms with Gasteiger partial charge in [-0.15, -0.1) is 6.42 Å². The molecule has 0 saturated carbocycles. The fourth-order valence-electron chi connectivity index (χ4n) is 0.972. The molecule has 0 aliphatic heterocycles. The van der Waals surface area contributed by atoms with E-state index in [0.717, 1.165) is 12.1 Å². The van der Waals surface area contributed by atoms with Crippen LogP contribution in [-0.4, -0.2) is 18.1 Å². The van der Waals surface area contributed by atoms with E-state index in [1.807, 2.05) is 25.2 Å². The summed E-state index contributed by atoms with van der Waals surface area (Å²) in [7, 11) is 1.85. The lowest BCUT2D eigenvalue weighted by molar-refractivity contribution is 0.673. The van der Waals surface area contributed by atoms with Crippen molar-refractivity contribution < 1.29 is 0 Å². The van der Waals surface area contributed by atoms with Crippen LogP contribution in [0.2, 0.25) is 0 Å². The molecule has 1 unspecified atom stereocenters. The SMILES string of the molecule is C#CC(Cc1ccccn1)NC. The first-order chi connectivity index (χ1) is 5.86. The largest absolute Gasteiger partial charge is 0.306 e. The molecule has 0 fully saturated rings. The first-order valence-corrected chi connectivity index (χ1v) is 3.90. The fourth-order valence-corrected chi connectivity index (χ4v) is 0.972. The molecule has 0 spiro atoms. The Morgan fingerprint density at radius 3 is 3.00 bits per heavy atom. The van der Waals surface area contributed by atoms with E-state index in [1.165, 1.54) is 0 Å². The van der Waals surface area contributed by atoms with Gasteiger partial charge in [0.15, 0.2) is 0 Å². The Bertz CT molecular complexity index is 261. The lowest BCUT2D eigenvalue weighted by Gasteiger charge is -2.07. The average Bonchev–Trinajstić information content (AvgIpc) is 2.16. The van der Waals surface area contributed by atoms with Crippen LogP contribution in [0.3, 0.4) is 0 Å². The molecule has 0 aromatic carbocycles. The van der Waals surface area contributed by atoms with Gasteiger partial charge in [-0.05, 0) is 19.2 Å². The lowest BCUT2D eigenvalue weighted by Crippen LogP contribution is -2.25. The van der Waals surface area contributed by atoms with Crippen LogP contribution in [0.15, 0.2) is 24.4 Å². The summed E-state index contributed by atoms with van der Waals surface area (Å²) in [5, 5.41) is 3.02. The van der Waals surface area contributed by atoms with Gasteiger partial charge >= 0.3 is 0 Å². The molecule has 1 rings (SSSR count). The molecule has 1 heterocycles. The molecule has 0 bridgehead atoms. The van der Waals surface area contributed by atoms with Crippen LogP contribution in [0.4, 0.5) is 0 Å². The highest BCUT2D eigenvalue weighted by Crippen LogP contribution is 1.97. The summed E-state index contributed by atoms with van der Waals surface area (Å²) in [5.74, 6) is 2.65. The molecule has 1 N–H and O–H groups in total. The molecule has 0 aliphatic carbocycles. The Labute approximate surface area is 73.0 Å². The van der Waals surface area contributed by atoms with E-state index in [0.29, 0.717) is 0 Å². The third kappa shape index (κ3) is 2.37. The van der Waals surface area contributed by atoms with E-state index in [1.54, 1.807) is 6.20 Å². The predicted octanol–water partition coefficient (Wildman–Crippen LogP) is 0.845. The highest BCUT2D eigenvalue weighted by Gasteiger charge is 2.02. The van der Waals surface area contributed by atoms with E-state index in [4.69, 9.17) is 6.42 Å². The molecule has 2 heteroatoms. The first-order valence-electron chi connectivity index (χ1n) is 3.90. The van der Waals surface area contributed by atoms with Crippen molar-refractivity contribution in [3.63, 3.8) is 0 Å². The molecular weight excluding hydrogens is 148 g/mol. The van der Waals surface area contributed by atoms with E-state index in [2.05, 4.69) is 16.2 Å². The van der Waals surface area contributed by atoms with Crippen LogP contribution in [0.1, 0.15) is 5.69 Å². The maximum atomic E-state index is 5.29. The number of nitrogens with one attached hydrogen (secondary N) is 1. The van der Waals surface area contributed by atoms with Crippen LogP contribution in [-0.2, 0) is 6.42 Å². The van der Waals surface area contributed by atoms with E-state index in [-0.39, 0.29) is 6.04 Å². The summed E-state index contributed by atoms with van der Waals surface area (Å²) in [6, 6.07) is 5.92. The number of likely N-dealkylation sites (N-methyl/N-ethyl adjacent to an activating group) is 1. The standard InChI is InChI=1S/C10H12N2/c1-3-9(11-2)8-10-6-4-5-7-12-10/h1,4-7,9,11H,8H2,2H3. The van der Waals surface area contributed by atoms with Crippen molar-refractivity contribution >= 4 is 0 Å². The van der Waals surface area contributed by atoms with Crippen LogP contribution >= 0.6 is 0 Å². The molecule has 2 nitrogen and oxygen atoms in total. The second kappa shape index (κ2) is 4.53. The van der Waals surface area contributed by atoms with Crippen molar-refractivity contribution in [2.24, 2.45) is 0 Å². The number of terminal acetylenes is 1. The van der Waals surface area contributed by atoms with Gasteiger partial charge in [-0.1, -0.05) is 12.0 Å². The average molecular weight is 160 g/mol. The lowest BCUT2D eigenvalue weighted by atomic mass is 10.1. The van der Waals surface area contributed by atoms with Gasteiger partial charge in [0.2, 0.25) is 0 Å². The molecule has 0 amide bonds. The molecule has 1 aromatic heterocycles. The highest BCUT2D eigenvalue weighted by molar-refractivity contribution is 5.10. The number of hydrogen-bond acceptors (Lipinski definition) is 2. The maximum absolute atomic E-state index is 5.29. The van der Waals surface area contributed by atoms with Crippen molar-refractivity contribution in [1.29, 1.82) is 0 Å². The maximum Gasteiger partial charge on any atom is 0.0740 e. The summed E-state index contributed by atoms with van der Waals surface area (Å²) in [6.45, 7) is 0.